The summed E-state index contributed by atoms with van der Waals surface area (Å²) in [5, 5.41) is 0. The number of piperidine rings is 2. The van der Waals surface area contributed by atoms with E-state index in [1.807, 2.05) is 30.1 Å². The molecule has 0 spiro atoms. The van der Waals surface area contributed by atoms with E-state index in [4.69, 9.17) is 0 Å². The van der Waals surface area contributed by atoms with Crippen molar-refractivity contribution in [3.05, 3.63) is 35.9 Å². The highest BCUT2D eigenvalue weighted by Gasteiger charge is 2.32. The average molecular weight is 400 g/mol. The summed E-state index contributed by atoms with van der Waals surface area (Å²) in [6.07, 6.45) is 6.83. The van der Waals surface area contributed by atoms with Gasteiger partial charge in [-0.15, -0.1) is 0 Å². The molecule has 5 nitrogen and oxygen atoms in total. The van der Waals surface area contributed by atoms with Gasteiger partial charge in [0, 0.05) is 45.1 Å². The number of carbonyl (C=O) groups excluding carboxylic acids is 2. The van der Waals surface area contributed by atoms with Crippen molar-refractivity contribution in [2.75, 3.05) is 33.2 Å². The van der Waals surface area contributed by atoms with E-state index in [2.05, 4.69) is 28.9 Å². The Hall–Kier alpha value is -1.88. The van der Waals surface area contributed by atoms with Gasteiger partial charge in [0.05, 0.1) is 0 Å². The third-order valence-corrected chi connectivity index (χ3v) is 6.60. The molecule has 0 aromatic heterocycles. The lowest BCUT2D eigenvalue weighted by molar-refractivity contribution is -0.137. The average Bonchev–Trinajstić information content (AvgIpc) is 2.78. The topological polar surface area (TPSA) is 43.9 Å². The molecule has 2 aliphatic heterocycles. The minimum absolute atomic E-state index is 0.149. The van der Waals surface area contributed by atoms with Gasteiger partial charge in [-0.3, -0.25) is 9.59 Å². The maximum absolute atomic E-state index is 12.9. The van der Waals surface area contributed by atoms with Crippen molar-refractivity contribution < 1.29 is 9.59 Å². The molecule has 0 bridgehead atoms. The first-order valence-electron chi connectivity index (χ1n) is 11.4. The first-order valence-corrected chi connectivity index (χ1v) is 11.4. The lowest BCUT2D eigenvalue weighted by atomic mass is 9.92. The second-order valence-corrected chi connectivity index (χ2v) is 8.71. The Balaban J connectivity index is 1.40. The molecule has 0 atom stereocenters. The smallest absolute Gasteiger partial charge is 0.225 e. The molecule has 5 heteroatoms. The number of nitrogens with zero attached hydrogens (tertiary/aromatic N) is 3. The largest absolute Gasteiger partial charge is 0.343 e. The van der Waals surface area contributed by atoms with Crippen LogP contribution in [0.2, 0.25) is 0 Å². The fraction of sp³-hybridized carbons (Fsp3) is 0.667. The van der Waals surface area contributed by atoms with Crippen LogP contribution < -0.4 is 0 Å². The van der Waals surface area contributed by atoms with Crippen molar-refractivity contribution in [3.8, 4) is 0 Å². The van der Waals surface area contributed by atoms with Gasteiger partial charge in [0.1, 0.15) is 0 Å². The molecule has 2 aliphatic rings. The molecule has 2 saturated heterocycles. The number of rotatable bonds is 7. The third-order valence-electron chi connectivity index (χ3n) is 6.60. The summed E-state index contributed by atoms with van der Waals surface area (Å²) in [5.41, 5.74) is 1.18. The molecule has 0 N–H and O–H groups in total. The molecule has 0 unspecified atom stereocenters. The number of likely N-dealkylation sites (tertiary alicyclic amines) is 2. The zero-order valence-electron chi connectivity index (χ0n) is 18.2. The second kappa shape index (κ2) is 10.8. The summed E-state index contributed by atoms with van der Waals surface area (Å²) < 4.78 is 0. The highest BCUT2D eigenvalue weighted by atomic mass is 16.2. The zero-order valence-corrected chi connectivity index (χ0v) is 18.2. The summed E-state index contributed by atoms with van der Waals surface area (Å²) in [4.78, 5) is 31.6. The Morgan fingerprint density at radius 2 is 1.66 bits per heavy atom. The van der Waals surface area contributed by atoms with Gasteiger partial charge in [-0.2, -0.15) is 0 Å². The van der Waals surface area contributed by atoms with Crippen LogP contribution in [-0.2, 0) is 16.1 Å². The highest BCUT2D eigenvalue weighted by molar-refractivity contribution is 5.78. The van der Waals surface area contributed by atoms with Crippen LogP contribution in [0, 0.1) is 5.92 Å². The quantitative estimate of drug-likeness (QED) is 0.704. The van der Waals surface area contributed by atoms with Gasteiger partial charge in [-0.05, 0) is 50.8 Å². The van der Waals surface area contributed by atoms with Gasteiger partial charge in [-0.1, -0.05) is 43.7 Å². The molecular weight excluding hydrogens is 362 g/mol. The molecule has 29 heavy (non-hydrogen) atoms. The second-order valence-electron chi connectivity index (χ2n) is 8.71. The van der Waals surface area contributed by atoms with Crippen LogP contribution in [0.15, 0.2) is 30.3 Å². The third kappa shape index (κ3) is 6.05. The molecule has 0 aliphatic carbocycles. The van der Waals surface area contributed by atoms with E-state index in [1.165, 1.54) is 5.56 Å². The van der Waals surface area contributed by atoms with Crippen LogP contribution in [0.1, 0.15) is 57.4 Å². The molecule has 0 radical (unpaired) electrons. The Morgan fingerprint density at radius 3 is 2.28 bits per heavy atom. The number of amides is 2. The summed E-state index contributed by atoms with van der Waals surface area (Å²) in [5.74, 6) is 0.761. The van der Waals surface area contributed by atoms with E-state index in [9.17, 15) is 9.59 Å². The number of carbonyl (C=O) groups is 2. The van der Waals surface area contributed by atoms with E-state index < -0.39 is 0 Å². The Morgan fingerprint density at radius 1 is 1.00 bits per heavy atom. The van der Waals surface area contributed by atoms with E-state index in [1.54, 1.807) is 0 Å². The number of hydrogen-bond acceptors (Lipinski definition) is 3. The van der Waals surface area contributed by atoms with Gasteiger partial charge in [0.15, 0.2) is 0 Å². The normalized spacial score (nSPS) is 19.3. The minimum Gasteiger partial charge on any atom is -0.343 e. The van der Waals surface area contributed by atoms with E-state index in [0.717, 1.165) is 64.7 Å². The van der Waals surface area contributed by atoms with Crippen LogP contribution in [-0.4, -0.2) is 65.8 Å². The molecule has 2 amide bonds. The maximum Gasteiger partial charge on any atom is 0.225 e. The van der Waals surface area contributed by atoms with Crippen molar-refractivity contribution in [1.29, 1.82) is 0 Å². The Labute approximate surface area is 176 Å². The monoisotopic (exact) mass is 399 g/mol. The van der Waals surface area contributed by atoms with Gasteiger partial charge < -0.3 is 14.7 Å². The van der Waals surface area contributed by atoms with Gasteiger partial charge in [0.25, 0.3) is 0 Å². The number of hydrogen-bond donors (Lipinski definition) is 0. The highest BCUT2D eigenvalue weighted by Crippen LogP contribution is 2.25. The van der Waals surface area contributed by atoms with Crippen LogP contribution in [0.4, 0.5) is 0 Å². The lowest BCUT2D eigenvalue weighted by Crippen LogP contribution is -2.50. The maximum atomic E-state index is 12.9. The molecule has 1 aromatic rings. The predicted octanol–water partition coefficient (Wildman–Crippen LogP) is 3.54. The standard InChI is InChI=1S/C24H37N3O2/c1-3-4-10-23(28)27-17-13-22(14-18-27)26-15-11-21(12-16-26)24(29)25(2)19-20-8-6-5-7-9-20/h5-9,21-22H,3-4,10-19H2,1-2H3. The fourth-order valence-electron chi connectivity index (χ4n) is 4.72. The molecule has 2 fully saturated rings. The van der Waals surface area contributed by atoms with Crippen molar-refractivity contribution in [2.45, 2.75) is 64.5 Å². The van der Waals surface area contributed by atoms with Gasteiger partial charge >= 0.3 is 0 Å². The molecule has 1 aromatic carbocycles. The molecule has 0 saturated carbocycles. The van der Waals surface area contributed by atoms with Gasteiger partial charge in [-0.25, -0.2) is 0 Å². The van der Waals surface area contributed by atoms with E-state index in [-0.39, 0.29) is 11.8 Å². The molecule has 3 rings (SSSR count). The van der Waals surface area contributed by atoms with Gasteiger partial charge in [0.2, 0.25) is 11.8 Å². The molecular formula is C24H37N3O2. The first-order chi connectivity index (χ1) is 14.1. The molecule has 160 valence electrons. The summed E-state index contributed by atoms with van der Waals surface area (Å²) in [7, 11) is 1.92. The van der Waals surface area contributed by atoms with Crippen molar-refractivity contribution in [1.82, 2.24) is 14.7 Å². The van der Waals surface area contributed by atoms with Crippen LogP contribution in [0.3, 0.4) is 0 Å². The SMILES string of the molecule is CCCCC(=O)N1CCC(N2CCC(C(=O)N(C)Cc3ccccc3)CC2)CC1. The number of benzene rings is 1. The van der Waals surface area contributed by atoms with Crippen molar-refractivity contribution in [3.63, 3.8) is 0 Å². The minimum atomic E-state index is 0.149. The summed E-state index contributed by atoms with van der Waals surface area (Å²) in [6, 6.07) is 10.8. The van der Waals surface area contributed by atoms with Crippen LogP contribution in [0.25, 0.3) is 0 Å². The Kier molecular flexibility index (Phi) is 8.10. The van der Waals surface area contributed by atoms with E-state index in [0.29, 0.717) is 24.9 Å². The van der Waals surface area contributed by atoms with Crippen LogP contribution >= 0.6 is 0 Å². The summed E-state index contributed by atoms with van der Waals surface area (Å²) >= 11 is 0. The van der Waals surface area contributed by atoms with Crippen LogP contribution in [0.5, 0.6) is 0 Å². The predicted molar refractivity (Wildman–Crippen MR) is 116 cm³/mol. The van der Waals surface area contributed by atoms with E-state index >= 15 is 0 Å². The molecule has 2 heterocycles. The first kappa shape index (κ1) is 21.8. The lowest BCUT2D eigenvalue weighted by Gasteiger charge is -2.42. The Bertz CT molecular complexity index is 647. The zero-order chi connectivity index (χ0) is 20.6. The number of unbranched alkanes of at least 4 members (excludes halogenated alkanes) is 1. The van der Waals surface area contributed by atoms with Crippen molar-refractivity contribution in [2.24, 2.45) is 5.92 Å². The fourth-order valence-corrected chi connectivity index (χ4v) is 4.72. The summed E-state index contributed by atoms with van der Waals surface area (Å²) in [6.45, 7) is 6.61. The van der Waals surface area contributed by atoms with Crippen molar-refractivity contribution >= 4 is 11.8 Å².